The van der Waals surface area contributed by atoms with E-state index in [1.807, 2.05) is 44.2 Å². The lowest BCUT2D eigenvalue weighted by Crippen LogP contribution is -2.08. The topological polar surface area (TPSA) is 50.7 Å². The molecule has 0 heterocycles. The predicted molar refractivity (Wildman–Crippen MR) is 84.4 cm³/mol. The lowest BCUT2D eigenvalue weighted by Gasteiger charge is -2.19. The summed E-state index contributed by atoms with van der Waals surface area (Å²) >= 11 is 0. The number of phenols is 1. The summed E-state index contributed by atoms with van der Waals surface area (Å²) in [6.07, 6.45) is 0. The molecule has 0 aliphatic heterocycles. The zero-order valence-electron chi connectivity index (χ0n) is 12.8. The van der Waals surface area contributed by atoms with Crippen LogP contribution in [0.3, 0.4) is 0 Å². The van der Waals surface area contributed by atoms with Crippen molar-refractivity contribution >= 4 is 5.69 Å². The first-order valence-corrected chi connectivity index (χ1v) is 6.83. The molecular formula is C17H21NO3. The average Bonchev–Trinajstić information content (AvgIpc) is 2.48. The van der Waals surface area contributed by atoms with E-state index in [9.17, 15) is 5.11 Å². The average molecular weight is 287 g/mol. The van der Waals surface area contributed by atoms with Crippen LogP contribution in [0.1, 0.15) is 24.1 Å². The maximum Gasteiger partial charge on any atom is 0.124 e. The van der Waals surface area contributed by atoms with Gasteiger partial charge in [0, 0.05) is 17.3 Å². The molecule has 2 rings (SSSR count). The van der Waals surface area contributed by atoms with Gasteiger partial charge in [0.15, 0.2) is 0 Å². The molecule has 2 aromatic carbocycles. The second-order valence-corrected chi connectivity index (χ2v) is 4.97. The highest BCUT2D eigenvalue weighted by Gasteiger charge is 2.12. The van der Waals surface area contributed by atoms with Gasteiger partial charge in [-0.25, -0.2) is 0 Å². The molecule has 112 valence electrons. The summed E-state index contributed by atoms with van der Waals surface area (Å²) in [5.74, 6) is 1.70. The number of aryl methyl sites for hydroxylation is 1. The van der Waals surface area contributed by atoms with Crippen LogP contribution in [0.25, 0.3) is 0 Å². The number of phenolic OH excluding ortho intramolecular Hbond substituents is 1. The standard InChI is InChI=1S/C17H21NO3/c1-11-9-13(20-3)6-8-16(11)18-12(2)15-7-5-14(21-4)10-17(15)19/h5-10,12,18-19H,1-4H3. The highest BCUT2D eigenvalue weighted by atomic mass is 16.5. The lowest BCUT2D eigenvalue weighted by atomic mass is 10.1. The van der Waals surface area contributed by atoms with Crippen LogP contribution in [0.5, 0.6) is 17.2 Å². The van der Waals surface area contributed by atoms with Gasteiger partial charge in [0.1, 0.15) is 17.2 Å². The third kappa shape index (κ3) is 3.40. The van der Waals surface area contributed by atoms with Gasteiger partial charge in [0.05, 0.1) is 20.3 Å². The van der Waals surface area contributed by atoms with E-state index in [0.29, 0.717) is 5.75 Å². The molecule has 0 saturated heterocycles. The van der Waals surface area contributed by atoms with Gasteiger partial charge in [-0.05, 0) is 49.7 Å². The number of ether oxygens (including phenoxy) is 2. The number of methoxy groups -OCH3 is 2. The molecule has 0 spiro atoms. The zero-order chi connectivity index (χ0) is 15.4. The molecule has 2 N–H and O–H groups in total. The van der Waals surface area contributed by atoms with E-state index >= 15 is 0 Å². The molecule has 0 aliphatic carbocycles. The quantitative estimate of drug-likeness (QED) is 0.876. The van der Waals surface area contributed by atoms with Crippen LogP contribution in [-0.4, -0.2) is 19.3 Å². The molecule has 0 amide bonds. The summed E-state index contributed by atoms with van der Waals surface area (Å²) in [5, 5.41) is 13.5. The molecule has 2 aromatic rings. The van der Waals surface area contributed by atoms with Crippen LogP contribution in [0.15, 0.2) is 36.4 Å². The fourth-order valence-corrected chi connectivity index (χ4v) is 2.25. The number of anilines is 1. The van der Waals surface area contributed by atoms with E-state index in [1.54, 1.807) is 20.3 Å². The van der Waals surface area contributed by atoms with Crippen molar-refractivity contribution in [1.29, 1.82) is 0 Å². The molecule has 0 bridgehead atoms. The minimum absolute atomic E-state index is 0.0250. The second kappa shape index (κ2) is 6.39. The number of nitrogens with one attached hydrogen (secondary N) is 1. The van der Waals surface area contributed by atoms with Crippen LogP contribution in [0, 0.1) is 6.92 Å². The molecule has 0 radical (unpaired) electrons. The Balaban J connectivity index is 2.19. The molecule has 4 nitrogen and oxygen atoms in total. The van der Waals surface area contributed by atoms with E-state index in [1.165, 1.54) is 0 Å². The van der Waals surface area contributed by atoms with Crippen LogP contribution in [-0.2, 0) is 0 Å². The molecular weight excluding hydrogens is 266 g/mol. The first-order chi connectivity index (χ1) is 10.0. The Morgan fingerprint density at radius 2 is 1.62 bits per heavy atom. The van der Waals surface area contributed by atoms with Crippen LogP contribution in [0.2, 0.25) is 0 Å². The zero-order valence-corrected chi connectivity index (χ0v) is 12.8. The van der Waals surface area contributed by atoms with Crippen LogP contribution >= 0.6 is 0 Å². The van der Waals surface area contributed by atoms with Gasteiger partial charge in [-0.2, -0.15) is 0 Å². The molecule has 0 aromatic heterocycles. The van der Waals surface area contributed by atoms with Crippen molar-refractivity contribution in [3.05, 3.63) is 47.5 Å². The SMILES string of the molecule is COc1ccc(NC(C)c2ccc(OC)cc2O)c(C)c1. The van der Waals surface area contributed by atoms with Crippen molar-refractivity contribution < 1.29 is 14.6 Å². The Morgan fingerprint density at radius 1 is 1.00 bits per heavy atom. The fourth-order valence-electron chi connectivity index (χ4n) is 2.25. The third-order valence-electron chi connectivity index (χ3n) is 3.51. The van der Waals surface area contributed by atoms with Crippen molar-refractivity contribution in [3.8, 4) is 17.2 Å². The van der Waals surface area contributed by atoms with E-state index in [-0.39, 0.29) is 11.8 Å². The number of hydrogen-bond acceptors (Lipinski definition) is 4. The predicted octanol–water partition coefficient (Wildman–Crippen LogP) is 3.89. The molecule has 1 unspecified atom stereocenters. The summed E-state index contributed by atoms with van der Waals surface area (Å²) in [7, 11) is 3.23. The summed E-state index contributed by atoms with van der Waals surface area (Å²) in [4.78, 5) is 0. The minimum atomic E-state index is -0.0250. The van der Waals surface area contributed by atoms with Gasteiger partial charge in [0.25, 0.3) is 0 Å². The molecule has 0 saturated carbocycles. The summed E-state index contributed by atoms with van der Waals surface area (Å²) in [6, 6.07) is 11.2. The Morgan fingerprint density at radius 3 is 2.19 bits per heavy atom. The van der Waals surface area contributed by atoms with Gasteiger partial charge in [0.2, 0.25) is 0 Å². The molecule has 4 heteroatoms. The van der Waals surface area contributed by atoms with Gasteiger partial charge in [-0.3, -0.25) is 0 Å². The lowest BCUT2D eigenvalue weighted by molar-refractivity contribution is 0.406. The van der Waals surface area contributed by atoms with E-state index < -0.39 is 0 Å². The number of aromatic hydroxyl groups is 1. The Bertz CT molecular complexity index is 625. The van der Waals surface area contributed by atoms with E-state index in [2.05, 4.69) is 5.32 Å². The summed E-state index contributed by atoms with van der Waals surface area (Å²) in [5.41, 5.74) is 2.93. The highest BCUT2D eigenvalue weighted by molar-refractivity contribution is 5.56. The van der Waals surface area contributed by atoms with Gasteiger partial charge in [-0.15, -0.1) is 0 Å². The summed E-state index contributed by atoms with van der Waals surface area (Å²) in [6.45, 7) is 4.02. The second-order valence-electron chi connectivity index (χ2n) is 4.97. The minimum Gasteiger partial charge on any atom is -0.507 e. The Hall–Kier alpha value is -2.36. The monoisotopic (exact) mass is 287 g/mol. The van der Waals surface area contributed by atoms with Gasteiger partial charge < -0.3 is 19.9 Å². The van der Waals surface area contributed by atoms with Crippen molar-refractivity contribution in [2.24, 2.45) is 0 Å². The van der Waals surface area contributed by atoms with Crippen molar-refractivity contribution in [2.75, 3.05) is 19.5 Å². The number of hydrogen-bond donors (Lipinski definition) is 2. The largest absolute Gasteiger partial charge is 0.507 e. The number of rotatable bonds is 5. The number of benzene rings is 2. The third-order valence-corrected chi connectivity index (χ3v) is 3.51. The van der Waals surface area contributed by atoms with Crippen molar-refractivity contribution in [2.45, 2.75) is 19.9 Å². The maximum atomic E-state index is 10.1. The molecule has 1 atom stereocenters. The molecule has 0 fully saturated rings. The van der Waals surface area contributed by atoms with Crippen LogP contribution < -0.4 is 14.8 Å². The normalized spacial score (nSPS) is 11.8. The highest BCUT2D eigenvalue weighted by Crippen LogP contribution is 2.31. The Kier molecular flexibility index (Phi) is 4.58. The maximum absolute atomic E-state index is 10.1. The van der Waals surface area contributed by atoms with E-state index in [0.717, 1.165) is 22.6 Å². The van der Waals surface area contributed by atoms with Gasteiger partial charge >= 0.3 is 0 Å². The van der Waals surface area contributed by atoms with Crippen LogP contribution in [0.4, 0.5) is 5.69 Å². The smallest absolute Gasteiger partial charge is 0.124 e. The first-order valence-electron chi connectivity index (χ1n) is 6.83. The van der Waals surface area contributed by atoms with Crippen molar-refractivity contribution in [1.82, 2.24) is 0 Å². The first kappa shape index (κ1) is 15.0. The van der Waals surface area contributed by atoms with E-state index in [4.69, 9.17) is 9.47 Å². The molecule has 21 heavy (non-hydrogen) atoms. The Labute approximate surface area is 125 Å². The molecule has 0 aliphatic rings. The summed E-state index contributed by atoms with van der Waals surface area (Å²) < 4.78 is 10.3. The fraction of sp³-hybridized carbons (Fsp3) is 0.294. The van der Waals surface area contributed by atoms with Crippen molar-refractivity contribution in [3.63, 3.8) is 0 Å². The van der Waals surface area contributed by atoms with Gasteiger partial charge in [-0.1, -0.05) is 0 Å².